The van der Waals surface area contributed by atoms with Crippen molar-refractivity contribution in [3.63, 3.8) is 0 Å². The molecule has 1 aliphatic rings. The zero-order valence-corrected chi connectivity index (χ0v) is 17.7. The fraction of sp³-hybridized carbons (Fsp3) is 0.154. The first-order valence-electron chi connectivity index (χ1n) is 10.2. The molecule has 1 aliphatic heterocycles. The highest BCUT2D eigenvalue weighted by Gasteiger charge is 2.46. The third-order valence-corrected chi connectivity index (χ3v) is 5.77. The van der Waals surface area contributed by atoms with Crippen LogP contribution in [0, 0.1) is 19.7 Å². The van der Waals surface area contributed by atoms with Gasteiger partial charge in [-0.15, -0.1) is 0 Å². The second kappa shape index (κ2) is 8.30. The third kappa shape index (κ3) is 3.87. The molecule has 0 aliphatic carbocycles. The van der Waals surface area contributed by atoms with Gasteiger partial charge in [0.15, 0.2) is 0 Å². The van der Waals surface area contributed by atoms with Gasteiger partial charge in [0.1, 0.15) is 17.3 Å². The van der Waals surface area contributed by atoms with Crippen molar-refractivity contribution in [2.24, 2.45) is 0 Å². The molecule has 6 heteroatoms. The van der Waals surface area contributed by atoms with Gasteiger partial charge in [-0.2, -0.15) is 0 Å². The zero-order valence-electron chi connectivity index (χ0n) is 17.7. The molecular weight excluding hydrogens is 409 g/mol. The number of likely N-dealkylation sites (tertiary alicyclic amines) is 1. The van der Waals surface area contributed by atoms with Crippen molar-refractivity contribution in [1.82, 2.24) is 4.90 Å². The van der Waals surface area contributed by atoms with Crippen LogP contribution < -0.4 is 0 Å². The molecule has 1 unspecified atom stereocenters. The van der Waals surface area contributed by atoms with E-state index in [1.165, 1.54) is 41.3 Å². The van der Waals surface area contributed by atoms with Crippen LogP contribution in [0.25, 0.3) is 5.76 Å². The molecule has 1 atom stereocenters. The molecule has 5 nitrogen and oxygen atoms in total. The van der Waals surface area contributed by atoms with E-state index in [1.54, 1.807) is 24.3 Å². The van der Waals surface area contributed by atoms with Crippen molar-refractivity contribution in [3.8, 4) is 5.75 Å². The number of hydrogen-bond donors (Lipinski definition) is 2. The second-order valence-corrected chi connectivity index (χ2v) is 7.95. The van der Waals surface area contributed by atoms with Gasteiger partial charge >= 0.3 is 0 Å². The van der Waals surface area contributed by atoms with Crippen LogP contribution in [-0.2, 0) is 16.1 Å². The Morgan fingerprint density at radius 2 is 1.69 bits per heavy atom. The number of phenolic OH excluding ortho intramolecular Hbond substituents is 1. The largest absolute Gasteiger partial charge is 0.508 e. The summed E-state index contributed by atoms with van der Waals surface area (Å²) >= 11 is 0. The van der Waals surface area contributed by atoms with Gasteiger partial charge in [-0.05, 0) is 66.4 Å². The van der Waals surface area contributed by atoms with Gasteiger partial charge in [0.25, 0.3) is 11.7 Å². The first-order valence-corrected chi connectivity index (χ1v) is 10.2. The number of aliphatic hydroxyl groups is 1. The topological polar surface area (TPSA) is 77.8 Å². The zero-order chi connectivity index (χ0) is 23.0. The number of hydrogen-bond acceptors (Lipinski definition) is 4. The van der Waals surface area contributed by atoms with E-state index >= 15 is 0 Å². The summed E-state index contributed by atoms with van der Waals surface area (Å²) in [4.78, 5) is 27.4. The van der Waals surface area contributed by atoms with Crippen LogP contribution >= 0.6 is 0 Å². The van der Waals surface area contributed by atoms with E-state index in [0.717, 1.165) is 11.1 Å². The molecule has 0 saturated carbocycles. The number of nitrogens with zero attached hydrogens (tertiary/aromatic N) is 1. The lowest BCUT2D eigenvalue weighted by molar-refractivity contribution is -0.140. The number of halogens is 1. The number of phenols is 1. The number of ketones is 1. The monoisotopic (exact) mass is 431 g/mol. The number of carbonyl (C=O) groups is 2. The predicted octanol–water partition coefficient (Wildman–Crippen LogP) is 4.77. The summed E-state index contributed by atoms with van der Waals surface area (Å²) in [5.41, 5.74) is 3.46. The highest BCUT2D eigenvalue weighted by Crippen LogP contribution is 2.41. The summed E-state index contributed by atoms with van der Waals surface area (Å²) in [7, 11) is 0. The first kappa shape index (κ1) is 21.3. The SMILES string of the molecule is Cc1ccc(/C(O)=C2/C(=O)C(=O)N(Cc3ccc(F)cc3)C2c2cccc(O)c2)cc1C. The first-order chi connectivity index (χ1) is 15.3. The minimum atomic E-state index is -0.909. The van der Waals surface area contributed by atoms with Gasteiger partial charge in [0, 0.05) is 12.1 Å². The van der Waals surface area contributed by atoms with Crippen LogP contribution in [0.15, 0.2) is 72.3 Å². The molecule has 3 aromatic carbocycles. The molecule has 4 rings (SSSR count). The quantitative estimate of drug-likeness (QED) is 0.354. The third-order valence-electron chi connectivity index (χ3n) is 5.77. The molecule has 0 bridgehead atoms. The smallest absolute Gasteiger partial charge is 0.295 e. The van der Waals surface area contributed by atoms with Crippen LogP contribution in [-0.4, -0.2) is 26.8 Å². The lowest BCUT2D eigenvalue weighted by Crippen LogP contribution is -2.29. The number of rotatable bonds is 4. The Balaban J connectivity index is 1.87. The lowest BCUT2D eigenvalue weighted by atomic mass is 9.94. The van der Waals surface area contributed by atoms with Crippen LogP contribution in [0.4, 0.5) is 4.39 Å². The maximum absolute atomic E-state index is 13.3. The summed E-state index contributed by atoms with van der Waals surface area (Å²) in [6.45, 7) is 3.87. The molecule has 32 heavy (non-hydrogen) atoms. The number of aliphatic hydroxyl groups excluding tert-OH is 1. The van der Waals surface area contributed by atoms with Crippen LogP contribution in [0.1, 0.15) is 33.9 Å². The lowest BCUT2D eigenvalue weighted by Gasteiger charge is -2.25. The average Bonchev–Trinajstić information content (AvgIpc) is 3.01. The molecule has 1 amide bonds. The maximum Gasteiger partial charge on any atom is 0.295 e. The van der Waals surface area contributed by atoms with Gasteiger partial charge in [-0.3, -0.25) is 9.59 Å². The van der Waals surface area contributed by atoms with Crippen molar-refractivity contribution < 1.29 is 24.2 Å². The Morgan fingerprint density at radius 3 is 2.34 bits per heavy atom. The summed E-state index contributed by atoms with van der Waals surface area (Å²) in [5, 5.41) is 21.1. The fourth-order valence-electron chi connectivity index (χ4n) is 3.92. The summed E-state index contributed by atoms with van der Waals surface area (Å²) in [6.07, 6.45) is 0. The Kier molecular flexibility index (Phi) is 5.53. The molecule has 0 radical (unpaired) electrons. The Labute approximate surface area is 185 Å². The van der Waals surface area contributed by atoms with Gasteiger partial charge in [0.05, 0.1) is 11.6 Å². The predicted molar refractivity (Wildman–Crippen MR) is 118 cm³/mol. The number of benzene rings is 3. The average molecular weight is 431 g/mol. The summed E-state index contributed by atoms with van der Waals surface area (Å²) in [6, 6.07) is 16.3. The van der Waals surface area contributed by atoms with E-state index in [1.807, 2.05) is 19.9 Å². The Bertz CT molecular complexity index is 1250. The van der Waals surface area contributed by atoms with Crippen molar-refractivity contribution in [2.75, 3.05) is 0 Å². The molecule has 2 N–H and O–H groups in total. The van der Waals surface area contributed by atoms with E-state index in [-0.39, 0.29) is 23.6 Å². The minimum Gasteiger partial charge on any atom is -0.508 e. The molecular formula is C26H22FNO4. The number of aromatic hydroxyl groups is 1. The molecule has 3 aromatic rings. The van der Waals surface area contributed by atoms with E-state index < -0.39 is 23.5 Å². The van der Waals surface area contributed by atoms with E-state index in [0.29, 0.717) is 16.7 Å². The molecule has 1 fully saturated rings. The highest BCUT2D eigenvalue weighted by molar-refractivity contribution is 6.46. The molecule has 0 spiro atoms. The van der Waals surface area contributed by atoms with Crippen molar-refractivity contribution >= 4 is 17.4 Å². The van der Waals surface area contributed by atoms with Crippen molar-refractivity contribution in [3.05, 3.63) is 106 Å². The maximum atomic E-state index is 13.3. The van der Waals surface area contributed by atoms with E-state index in [2.05, 4.69) is 0 Å². The van der Waals surface area contributed by atoms with Gasteiger partial charge in [-0.25, -0.2) is 4.39 Å². The van der Waals surface area contributed by atoms with Gasteiger partial charge in [0.2, 0.25) is 0 Å². The molecule has 1 heterocycles. The number of aryl methyl sites for hydroxylation is 2. The highest BCUT2D eigenvalue weighted by atomic mass is 19.1. The number of carbonyl (C=O) groups excluding carboxylic acids is 2. The van der Waals surface area contributed by atoms with Gasteiger partial charge in [-0.1, -0.05) is 36.4 Å². The second-order valence-electron chi connectivity index (χ2n) is 7.95. The Morgan fingerprint density at radius 1 is 0.969 bits per heavy atom. The number of Topliss-reactive ketones (excluding diaryl/α,β-unsaturated/α-hetero) is 1. The van der Waals surface area contributed by atoms with Gasteiger partial charge < -0.3 is 15.1 Å². The van der Waals surface area contributed by atoms with Crippen molar-refractivity contribution in [1.29, 1.82) is 0 Å². The van der Waals surface area contributed by atoms with E-state index in [9.17, 15) is 24.2 Å². The van der Waals surface area contributed by atoms with Crippen LogP contribution in [0.2, 0.25) is 0 Å². The van der Waals surface area contributed by atoms with Crippen LogP contribution in [0.3, 0.4) is 0 Å². The molecule has 0 aromatic heterocycles. The van der Waals surface area contributed by atoms with E-state index in [4.69, 9.17) is 0 Å². The summed E-state index contributed by atoms with van der Waals surface area (Å²) < 4.78 is 13.3. The minimum absolute atomic E-state index is 0.0268. The normalized spacial score (nSPS) is 17.7. The number of amides is 1. The van der Waals surface area contributed by atoms with Crippen molar-refractivity contribution in [2.45, 2.75) is 26.4 Å². The standard InChI is InChI=1S/C26H22FNO4/c1-15-6-9-19(12-16(15)2)24(30)22-23(18-4-3-5-21(29)13-18)28(26(32)25(22)31)14-17-7-10-20(27)11-8-17/h3-13,23,29-30H,14H2,1-2H3/b24-22-. The van der Waals surface area contributed by atoms with Crippen LogP contribution in [0.5, 0.6) is 5.75 Å². The molecule has 1 saturated heterocycles. The summed E-state index contributed by atoms with van der Waals surface area (Å²) in [5.74, 6) is -2.29. The molecule has 162 valence electrons. The Hall–Kier alpha value is -3.93. The fourth-order valence-corrected chi connectivity index (χ4v) is 3.92.